The third-order valence-corrected chi connectivity index (χ3v) is 7.42. The standard InChI is InChI=1S/C27H28N4O4S2/c1-4-17-8-11-19(5-2)21(15-17)24-25(30-35-29-24)28-23(32)7-6-14-31-26(33)22(37-27(31)36)16-18-9-12-20(34-3)13-10-18/h8-13,15-16H,4-7,14H2,1-3H3,(H,28,30,32)/b22-16-. The van der Waals surface area contributed by atoms with Crippen LogP contribution in [0.4, 0.5) is 5.82 Å². The molecule has 0 spiro atoms. The SMILES string of the molecule is CCc1ccc(CC)c(-c2nonc2NC(=O)CCCN2C(=O)/C(=C/c3ccc(OC)cc3)SC2=S)c1. The van der Waals surface area contributed by atoms with Gasteiger partial charge in [0.2, 0.25) is 11.7 Å². The number of amides is 2. The lowest BCUT2D eigenvalue weighted by atomic mass is 9.98. The molecule has 1 aliphatic rings. The molecule has 37 heavy (non-hydrogen) atoms. The number of nitrogens with zero attached hydrogens (tertiary/aromatic N) is 3. The predicted octanol–water partition coefficient (Wildman–Crippen LogP) is 5.49. The monoisotopic (exact) mass is 536 g/mol. The highest BCUT2D eigenvalue weighted by atomic mass is 32.2. The molecule has 2 heterocycles. The molecule has 0 saturated carbocycles. The summed E-state index contributed by atoms with van der Waals surface area (Å²) in [4.78, 5) is 27.7. The van der Waals surface area contributed by atoms with E-state index in [1.54, 1.807) is 7.11 Å². The molecule has 1 aliphatic heterocycles. The third-order valence-electron chi connectivity index (χ3n) is 6.04. The van der Waals surface area contributed by atoms with Crippen LogP contribution in [-0.2, 0) is 22.4 Å². The van der Waals surface area contributed by atoms with Crippen LogP contribution in [0.2, 0.25) is 0 Å². The van der Waals surface area contributed by atoms with E-state index in [-0.39, 0.29) is 18.2 Å². The first-order valence-electron chi connectivity index (χ1n) is 12.1. The predicted molar refractivity (Wildman–Crippen MR) is 149 cm³/mol. The first-order valence-corrected chi connectivity index (χ1v) is 13.3. The number of aryl methyl sites for hydroxylation is 2. The van der Waals surface area contributed by atoms with Crippen molar-refractivity contribution in [3.8, 4) is 17.0 Å². The minimum atomic E-state index is -0.235. The molecule has 0 atom stereocenters. The van der Waals surface area contributed by atoms with Gasteiger partial charge in [-0.3, -0.25) is 14.5 Å². The molecular weight excluding hydrogens is 508 g/mol. The summed E-state index contributed by atoms with van der Waals surface area (Å²) < 4.78 is 10.6. The molecule has 192 valence electrons. The van der Waals surface area contributed by atoms with Crippen molar-refractivity contribution in [1.82, 2.24) is 15.2 Å². The van der Waals surface area contributed by atoms with Gasteiger partial charge in [-0.1, -0.05) is 62.1 Å². The summed E-state index contributed by atoms with van der Waals surface area (Å²) in [5.74, 6) is 0.649. The number of methoxy groups -OCH3 is 1. The first-order chi connectivity index (χ1) is 17.9. The highest BCUT2D eigenvalue weighted by Crippen LogP contribution is 2.33. The second-order valence-corrected chi connectivity index (χ2v) is 10.1. The average Bonchev–Trinajstić information content (AvgIpc) is 3.47. The molecule has 10 heteroatoms. The number of hydrogen-bond acceptors (Lipinski definition) is 8. The number of rotatable bonds is 10. The molecule has 1 aromatic heterocycles. The molecule has 2 amide bonds. The second-order valence-electron chi connectivity index (χ2n) is 8.42. The molecule has 1 N–H and O–H groups in total. The van der Waals surface area contributed by atoms with Gasteiger partial charge >= 0.3 is 0 Å². The zero-order valence-corrected chi connectivity index (χ0v) is 22.6. The zero-order valence-electron chi connectivity index (χ0n) is 20.9. The van der Waals surface area contributed by atoms with Crippen LogP contribution in [-0.4, -0.2) is 45.0 Å². The number of nitrogens with one attached hydrogen (secondary N) is 1. The molecule has 3 aromatic rings. The van der Waals surface area contributed by atoms with E-state index < -0.39 is 0 Å². The number of benzene rings is 2. The van der Waals surface area contributed by atoms with Crippen LogP contribution in [0.1, 0.15) is 43.4 Å². The van der Waals surface area contributed by atoms with Crippen LogP contribution < -0.4 is 10.1 Å². The summed E-state index contributed by atoms with van der Waals surface area (Å²) in [7, 11) is 1.61. The van der Waals surface area contributed by atoms with Crippen LogP contribution >= 0.6 is 24.0 Å². The number of thiocarbonyl (C=S) groups is 1. The Labute approximate surface area is 225 Å². The number of aromatic nitrogens is 2. The van der Waals surface area contributed by atoms with Gasteiger partial charge in [0.15, 0.2) is 5.69 Å². The van der Waals surface area contributed by atoms with Gasteiger partial charge in [-0.05, 0) is 70.5 Å². The molecule has 4 rings (SSSR count). The van der Waals surface area contributed by atoms with Crippen molar-refractivity contribution >= 4 is 52.0 Å². The maximum Gasteiger partial charge on any atom is 0.266 e. The van der Waals surface area contributed by atoms with Crippen LogP contribution in [0.15, 0.2) is 52.0 Å². The van der Waals surface area contributed by atoms with Gasteiger partial charge in [0.1, 0.15) is 10.1 Å². The van der Waals surface area contributed by atoms with Crippen molar-refractivity contribution < 1.29 is 19.0 Å². The minimum absolute atomic E-state index is 0.155. The summed E-state index contributed by atoms with van der Waals surface area (Å²) in [6.45, 7) is 4.50. The Balaban J connectivity index is 1.35. The van der Waals surface area contributed by atoms with E-state index in [2.05, 4.69) is 47.7 Å². The van der Waals surface area contributed by atoms with Crippen molar-refractivity contribution in [3.05, 3.63) is 64.1 Å². The molecule has 1 saturated heterocycles. The van der Waals surface area contributed by atoms with Gasteiger partial charge < -0.3 is 10.1 Å². The molecule has 0 bridgehead atoms. The van der Waals surface area contributed by atoms with Crippen LogP contribution in [0.25, 0.3) is 17.3 Å². The van der Waals surface area contributed by atoms with Crippen LogP contribution in [0.5, 0.6) is 5.75 Å². The van der Waals surface area contributed by atoms with Crippen molar-refractivity contribution in [1.29, 1.82) is 0 Å². The molecule has 1 fully saturated rings. The summed E-state index contributed by atoms with van der Waals surface area (Å²) in [5, 5.41) is 10.8. The highest BCUT2D eigenvalue weighted by Gasteiger charge is 2.31. The van der Waals surface area contributed by atoms with Crippen molar-refractivity contribution in [2.45, 2.75) is 39.5 Å². The van der Waals surface area contributed by atoms with Gasteiger partial charge in [0, 0.05) is 18.5 Å². The minimum Gasteiger partial charge on any atom is -0.497 e. The van der Waals surface area contributed by atoms with E-state index in [1.807, 2.05) is 30.3 Å². The lowest BCUT2D eigenvalue weighted by Crippen LogP contribution is -2.29. The Kier molecular flexibility index (Phi) is 8.73. The van der Waals surface area contributed by atoms with Gasteiger partial charge in [0.05, 0.1) is 12.0 Å². The summed E-state index contributed by atoms with van der Waals surface area (Å²) in [6, 6.07) is 13.7. The topological polar surface area (TPSA) is 97.6 Å². The Hall–Kier alpha value is -3.50. The number of anilines is 1. The van der Waals surface area contributed by atoms with Gasteiger partial charge in [0.25, 0.3) is 5.91 Å². The van der Waals surface area contributed by atoms with E-state index in [0.29, 0.717) is 33.7 Å². The second kappa shape index (κ2) is 12.2. The zero-order chi connectivity index (χ0) is 26.4. The fraction of sp³-hybridized carbons (Fsp3) is 0.296. The van der Waals surface area contributed by atoms with E-state index in [0.717, 1.165) is 40.8 Å². The van der Waals surface area contributed by atoms with Crippen LogP contribution in [0, 0.1) is 0 Å². The fourth-order valence-corrected chi connectivity index (χ4v) is 5.26. The van der Waals surface area contributed by atoms with Crippen molar-refractivity contribution in [2.75, 3.05) is 19.0 Å². The number of thioether (sulfide) groups is 1. The summed E-state index contributed by atoms with van der Waals surface area (Å²) in [5.41, 5.74) is 4.56. The van der Waals surface area contributed by atoms with E-state index in [1.165, 1.54) is 16.7 Å². The largest absolute Gasteiger partial charge is 0.497 e. The summed E-state index contributed by atoms with van der Waals surface area (Å²) >= 11 is 6.68. The Bertz CT molecular complexity index is 1330. The molecule has 0 radical (unpaired) electrons. The molecule has 0 unspecified atom stereocenters. The Morgan fingerprint density at radius 3 is 2.65 bits per heavy atom. The van der Waals surface area contributed by atoms with Gasteiger partial charge in [-0.15, -0.1) is 0 Å². The fourth-order valence-electron chi connectivity index (χ4n) is 3.96. The average molecular weight is 537 g/mol. The van der Waals surface area contributed by atoms with Gasteiger partial charge in [-0.25, -0.2) is 4.63 Å². The number of carbonyl (C=O) groups is 2. The molecular formula is C27H28N4O4S2. The quantitative estimate of drug-likeness (QED) is 0.268. The lowest BCUT2D eigenvalue weighted by molar-refractivity contribution is -0.122. The van der Waals surface area contributed by atoms with E-state index in [4.69, 9.17) is 21.6 Å². The summed E-state index contributed by atoms with van der Waals surface area (Å²) in [6.07, 6.45) is 4.14. The van der Waals surface area contributed by atoms with E-state index >= 15 is 0 Å². The smallest absolute Gasteiger partial charge is 0.266 e. The Morgan fingerprint density at radius 2 is 1.95 bits per heavy atom. The number of carbonyl (C=O) groups excluding carboxylic acids is 2. The Morgan fingerprint density at radius 1 is 1.16 bits per heavy atom. The molecule has 2 aromatic carbocycles. The molecule has 8 nitrogen and oxygen atoms in total. The van der Waals surface area contributed by atoms with Gasteiger partial charge in [-0.2, -0.15) is 0 Å². The highest BCUT2D eigenvalue weighted by molar-refractivity contribution is 8.26. The van der Waals surface area contributed by atoms with E-state index in [9.17, 15) is 9.59 Å². The normalized spacial score (nSPS) is 14.5. The first kappa shape index (κ1) is 26.6. The number of ether oxygens (including phenoxy) is 1. The maximum atomic E-state index is 12.9. The third kappa shape index (κ3) is 6.26. The maximum absolute atomic E-state index is 12.9. The molecule has 0 aliphatic carbocycles. The van der Waals surface area contributed by atoms with Crippen molar-refractivity contribution in [2.24, 2.45) is 0 Å². The van der Waals surface area contributed by atoms with Crippen molar-refractivity contribution in [3.63, 3.8) is 0 Å². The van der Waals surface area contributed by atoms with Crippen LogP contribution in [0.3, 0.4) is 0 Å². The number of hydrogen-bond donors (Lipinski definition) is 1. The lowest BCUT2D eigenvalue weighted by Gasteiger charge is -2.14.